The summed E-state index contributed by atoms with van der Waals surface area (Å²) in [5, 5.41) is 3.08. The molecule has 0 fully saturated rings. The van der Waals surface area contributed by atoms with Gasteiger partial charge >= 0.3 is 5.97 Å². The van der Waals surface area contributed by atoms with Crippen molar-refractivity contribution in [1.29, 1.82) is 0 Å². The van der Waals surface area contributed by atoms with Gasteiger partial charge < -0.3 is 10.1 Å². The van der Waals surface area contributed by atoms with Gasteiger partial charge in [-0.05, 0) is 48.0 Å². The summed E-state index contributed by atoms with van der Waals surface area (Å²) in [6, 6.07) is 11.6. The zero-order valence-corrected chi connectivity index (χ0v) is 15.6. The number of benzene rings is 2. The molecule has 1 amide bonds. The normalized spacial score (nSPS) is 10.7. The summed E-state index contributed by atoms with van der Waals surface area (Å²) in [4.78, 5) is 24.5. The number of hydrogen-bond acceptors (Lipinski definition) is 4. The Kier molecular flexibility index (Phi) is 7.69. The first kappa shape index (κ1) is 20.0. The van der Waals surface area contributed by atoms with Gasteiger partial charge in [-0.15, -0.1) is 0 Å². The molecular weight excluding hydrogens is 377 g/mol. The minimum absolute atomic E-state index is 0.117. The van der Waals surface area contributed by atoms with Crippen molar-refractivity contribution in [2.75, 3.05) is 13.7 Å². The number of carbonyl (C=O) groups excluding carboxylic acids is 2. The van der Waals surface area contributed by atoms with E-state index in [1.807, 2.05) is 6.07 Å². The van der Waals surface area contributed by atoms with Gasteiger partial charge in [-0.1, -0.05) is 29.4 Å². The van der Waals surface area contributed by atoms with Crippen LogP contribution in [0.5, 0.6) is 0 Å². The second kappa shape index (κ2) is 9.99. The number of nitrogens with one attached hydrogen (secondary N) is 1. The highest BCUT2D eigenvalue weighted by atomic mass is 35.5. The Balaban J connectivity index is 1.93. The molecule has 0 radical (unpaired) electrons. The minimum atomic E-state index is -0.383. The SMILES string of the molecule is COC(=O)CCNC(=O)/C=C/c1ccc(Sc2ccc(F)cc2)cc1Cl. The summed E-state index contributed by atoms with van der Waals surface area (Å²) in [7, 11) is 1.30. The van der Waals surface area contributed by atoms with E-state index < -0.39 is 0 Å². The number of ether oxygens (including phenoxy) is 1. The molecule has 0 atom stereocenters. The number of amides is 1. The van der Waals surface area contributed by atoms with E-state index in [-0.39, 0.29) is 30.7 Å². The predicted octanol–water partition coefficient (Wildman–Crippen LogP) is 4.32. The van der Waals surface area contributed by atoms with Gasteiger partial charge in [0.2, 0.25) is 5.91 Å². The second-order valence-electron chi connectivity index (χ2n) is 5.19. The quantitative estimate of drug-likeness (QED) is 0.562. The van der Waals surface area contributed by atoms with Gasteiger partial charge in [0.1, 0.15) is 5.82 Å². The Labute approximate surface area is 160 Å². The molecule has 0 aliphatic rings. The van der Waals surface area contributed by atoms with Crippen LogP contribution in [-0.4, -0.2) is 25.5 Å². The van der Waals surface area contributed by atoms with Gasteiger partial charge in [0.15, 0.2) is 0 Å². The lowest BCUT2D eigenvalue weighted by Gasteiger charge is -2.05. The van der Waals surface area contributed by atoms with Crippen molar-refractivity contribution in [2.24, 2.45) is 0 Å². The number of halogens is 2. The molecule has 1 N–H and O–H groups in total. The molecule has 2 aromatic rings. The van der Waals surface area contributed by atoms with Crippen LogP contribution < -0.4 is 5.32 Å². The third-order valence-corrected chi connectivity index (χ3v) is 4.62. The number of rotatable bonds is 7. The maximum absolute atomic E-state index is 12.9. The summed E-state index contributed by atoms with van der Waals surface area (Å²) < 4.78 is 17.4. The van der Waals surface area contributed by atoms with Gasteiger partial charge in [-0.3, -0.25) is 9.59 Å². The minimum Gasteiger partial charge on any atom is -0.469 e. The van der Waals surface area contributed by atoms with E-state index in [1.165, 1.54) is 37.1 Å². The molecule has 0 spiro atoms. The lowest BCUT2D eigenvalue weighted by molar-refractivity contribution is -0.140. The van der Waals surface area contributed by atoms with Gasteiger partial charge in [-0.2, -0.15) is 0 Å². The maximum atomic E-state index is 12.9. The molecule has 0 aliphatic carbocycles. The van der Waals surface area contributed by atoms with Crippen LogP contribution in [0.3, 0.4) is 0 Å². The van der Waals surface area contributed by atoms with Crippen molar-refractivity contribution in [3.05, 3.63) is 64.9 Å². The van der Waals surface area contributed by atoms with E-state index in [2.05, 4.69) is 10.1 Å². The van der Waals surface area contributed by atoms with Gasteiger partial charge in [0.25, 0.3) is 0 Å². The van der Waals surface area contributed by atoms with Crippen LogP contribution in [0.15, 0.2) is 58.3 Å². The van der Waals surface area contributed by atoms with Gasteiger partial charge in [0.05, 0.1) is 13.5 Å². The van der Waals surface area contributed by atoms with Crippen molar-refractivity contribution in [3.8, 4) is 0 Å². The topological polar surface area (TPSA) is 55.4 Å². The predicted molar refractivity (Wildman–Crippen MR) is 101 cm³/mol. The first-order valence-electron chi connectivity index (χ1n) is 7.73. The van der Waals surface area contributed by atoms with Crippen LogP contribution in [0.4, 0.5) is 4.39 Å². The van der Waals surface area contributed by atoms with E-state index in [0.29, 0.717) is 10.6 Å². The summed E-state index contributed by atoms with van der Waals surface area (Å²) in [5.41, 5.74) is 0.693. The first-order chi connectivity index (χ1) is 12.5. The fourth-order valence-electron chi connectivity index (χ4n) is 1.96. The maximum Gasteiger partial charge on any atom is 0.307 e. The monoisotopic (exact) mass is 393 g/mol. The van der Waals surface area contributed by atoms with Crippen molar-refractivity contribution in [1.82, 2.24) is 5.32 Å². The molecule has 4 nitrogen and oxygen atoms in total. The molecule has 0 aromatic heterocycles. The Morgan fingerprint density at radius 2 is 1.88 bits per heavy atom. The van der Waals surface area contributed by atoms with Crippen molar-refractivity contribution >= 4 is 41.3 Å². The zero-order valence-electron chi connectivity index (χ0n) is 14.0. The van der Waals surface area contributed by atoms with Crippen molar-refractivity contribution < 1.29 is 18.7 Å². The number of hydrogen-bond donors (Lipinski definition) is 1. The highest BCUT2D eigenvalue weighted by Gasteiger charge is 2.04. The van der Waals surface area contributed by atoms with Crippen LogP contribution in [0.1, 0.15) is 12.0 Å². The average Bonchev–Trinajstić information content (AvgIpc) is 2.62. The number of esters is 1. The number of carbonyl (C=O) groups is 2. The Hall–Kier alpha value is -2.31. The standard InChI is InChI=1S/C19H17ClFNO3S/c1-25-19(24)10-11-22-18(23)9-3-13-2-6-16(12-17(13)20)26-15-7-4-14(21)5-8-15/h2-9,12H,10-11H2,1H3,(H,22,23)/b9-3+. The molecule has 0 saturated carbocycles. The van der Waals surface area contributed by atoms with Crippen LogP contribution in [0.2, 0.25) is 5.02 Å². The van der Waals surface area contributed by atoms with Crippen LogP contribution in [0, 0.1) is 5.82 Å². The van der Waals surface area contributed by atoms with E-state index in [0.717, 1.165) is 9.79 Å². The molecule has 26 heavy (non-hydrogen) atoms. The molecule has 0 saturated heterocycles. The molecule has 0 aliphatic heterocycles. The fraction of sp³-hybridized carbons (Fsp3) is 0.158. The smallest absolute Gasteiger partial charge is 0.307 e. The largest absolute Gasteiger partial charge is 0.469 e. The van der Waals surface area contributed by atoms with E-state index in [1.54, 1.807) is 30.3 Å². The van der Waals surface area contributed by atoms with E-state index in [4.69, 9.17) is 11.6 Å². The third kappa shape index (κ3) is 6.54. The van der Waals surface area contributed by atoms with E-state index in [9.17, 15) is 14.0 Å². The lowest BCUT2D eigenvalue weighted by Crippen LogP contribution is -2.24. The van der Waals surface area contributed by atoms with Gasteiger partial charge in [0, 0.05) is 27.4 Å². The highest BCUT2D eigenvalue weighted by molar-refractivity contribution is 7.99. The molecule has 136 valence electrons. The van der Waals surface area contributed by atoms with E-state index >= 15 is 0 Å². The van der Waals surface area contributed by atoms with Crippen LogP contribution in [-0.2, 0) is 14.3 Å². The molecule has 0 bridgehead atoms. The summed E-state index contributed by atoms with van der Waals surface area (Å²) >= 11 is 7.71. The highest BCUT2D eigenvalue weighted by Crippen LogP contribution is 2.31. The molecule has 2 rings (SSSR count). The fourth-order valence-corrected chi connectivity index (χ4v) is 3.12. The molecular formula is C19H17ClFNO3S. The molecule has 0 unspecified atom stereocenters. The Morgan fingerprint density at radius 1 is 1.19 bits per heavy atom. The first-order valence-corrected chi connectivity index (χ1v) is 8.93. The van der Waals surface area contributed by atoms with Crippen LogP contribution in [0.25, 0.3) is 6.08 Å². The lowest BCUT2D eigenvalue weighted by atomic mass is 10.2. The Morgan fingerprint density at radius 3 is 2.54 bits per heavy atom. The zero-order chi connectivity index (χ0) is 18.9. The molecule has 7 heteroatoms. The number of methoxy groups -OCH3 is 1. The summed E-state index contributed by atoms with van der Waals surface area (Å²) in [6.07, 6.45) is 3.07. The molecule has 2 aromatic carbocycles. The average molecular weight is 394 g/mol. The van der Waals surface area contributed by atoms with Gasteiger partial charge in [-0.25, -0.2) is 4.39 Å². The van der Waals surface area contributed by atoms with Crippen molar-refractivity contribution in [3.63, 3.8) is 0 Å². The second-order valence-corrected chi connectivity index (χ2v) is 6.74. The summed E-state index contributed by atoms with van der Waals surface area (Å²) in [6.45, 7) is 0.205. The van der Waals surface area contributed by atoms with Crippen LogP contribution >= 0.6 is 23.4 Å². The molecule has 0 heterocycles. The summed E-state index contributed by atoms with van der Waals surface area (Å²) in [5.74, 6) is -0.987. The third-order valence-electron chi connectivity index (χ3n) is 3.29. The Bertz CT molecular complexity index is 809. The van der Waals surface area contributed by atoms with Crippen molar-refractivity contribution in [2.45, 2.75) is 16.2 Å².